The molecule has 4 rings (SSSR count). The Kier molecular flexibility index (Phi) is 5.66. The molecule has 0 saturated carbocycles. The summed E-state index contributed by atoms with van der Waals surface area (Å²) in [4.78, 5) is 27.4. The molecule has 0 bridgehead atoms. The van der Waals surface area contributed by atoms with E-state index in [1.54, 1.807) is 24.0 Å². The molecule has 6 nitrogen and oxygen atoms in total. The van der Waals surface area contributed by atoms with E-state index in [4.69, 9.17) is 14.2 Å². The largest absolute Gasteiger partial charge is 0.490 e. The number of carbonyl (C=O) groups excluding carboxylic acids is 2. The normalized spacial score (nSPS) is 21.5. The number of amides is 1. The molecule has 2 aliphatic heterocycles. The highest BCUT2D eigenvalue weighted by molar-refractivity contribution is 5.97. The maximum atomic E-state index is 13.2. The fraction of sp³-hybridized carbons (Fsp3) is 0.417. The van der Waals surface area contributed by atoms with E-state index in [9.17, 15) is 9.59 Å². The first-order chi connectivity index (χ1) is 14.5. The van der Waals surface area contributed by atoms with E-state index in [0.717, 1.165) is 17.1 Å². The number of nitrogens with zero attached hydrogens (tertiary/aromatic N) is 1. The van der Waals surface area contributed by atoms with Crippen molar-refractivity contribution in [3.8, 4) is 11.5 Å². The summed E-state index contributed by atoms with van der Waals surface area (Å²) in [5, 5.41) is 0. The lowest BCUT2D eigenvalue weighted by Crippen LogP contribution is -2.55. The first-order valence-corrected chi connectivity index (χ1v) is 10.5. The molecule has 0 spiro atoms. The van der Waals surface area contributed by atoms with Crippen LogP contribution in [0.25, 0.3) is 0 Å². The van der Waals surface area contributed by atoms with Crippen LogP contribution in [0.15, 0.2) is 48.5 Å². The minimum Gasteiger partial charge on any atom is -0.490 e. The quantitative estimate of drug-likeness (QED) is 0.706. The highest BCUT2D eigenvalue weighted by Crippen LogP contribution is 2.32. The van der Waals surface area contributed by atoms with Crippen LogP contribution in [0.4, 0.5) is 0 Å². The third-order valence-corrected chi connectivity index (χ3v) is 5.71. The van der Waals surface area contributed by atoms with Crippen LogP contribution in [-0.4, -0.2) is 48.2 Å². The molecule has 1 fully saturated rings. The number of esters is 1. The monoisotopic (exact) mass is 409 g/mol. The topological polar surface area (TPSA) is 65.1 Å². The number of carbonyl (C=O) groups is 2. The molecule has 1 atom stereocenters. The van der Waals surface area contributed by atoms with E-state index in [0.29, 0.717) is 44.5 Å². The predicted molar refractivity (Wildman–Crippen MR) is 112 cm³/mol. The standard InChI is InChI=1S/C24H27NO5/c1-3-28-20-10-6-7-11-21(20)29-18-12-14-25(15-13-18)23(27)24(2)16-17-8-4-5-9-19(17)22(26)30-24/h4-11,18H,3,12-16H2,1-2H3. The van der Waals surface area contributed by atoms with Crippen molar-refractivity contribution in [1.29, 1.82) is 0 Å². The Morgan fingerprint density at radius 1 is 1.10 bits per heavy atom. The van der Waals surface area contributed by atoms with Crippen LogP contribution in [0, 0.1) is 0 Å². The van der Waals surface area contributed by atoms with Crippen LogP contribution in [-0.2, 0) is 16.0 Å². The highest BCUT2D eigenvalue weighted by Gasteiger charge is 2.45. The number of para-hydroxylation sites is 2. The van der Waals surface area contributed by atoms with E-state index < -0.39 is 11.6 Å². The second-order valence-electron chi connectivity index (χ2n) is 7.94. The summed E-state index contributed by atoms with van der Waals surface area (Å²) in [6.07, 6.45) is 1.84. The molecule has 2 heterocycles. The number of piperidine rings is 1. The van der Waals surface area contributed by atoms with Gasteiger partial charge in [-0.1, -0.05) is 30.3 Å². The van der Waals surface area contributed by atoms with Gasteiger partial charge in [-0.2, -0.15) is 0 Å². The third kappa shape index (κ3) is 3.99. The molecule has 0 aromatic heterocycles. The minimum absolute atomic E-state index is 0.0121. The van der Waals surface area contributed by atoms with E-state index in [-0.39, 0.29) is 12.0 Å². The average Bonchev–Trinajstić information content (AvgIpc) is 2.75. The third-order valence-electron chi connectivity index (χ3n) is 5.71. The number of ether oxygens (including phenoxy) is 3. The molecule has 1 amide bonds. The van der Waals surface area contributed by atoms with E-state index >= 15 is 0 Å². The summed E-state index contributed by atoms with van der Waals surface area (Å²) in [6, 6.07) is 15.0. The molecule has 30 heavy (non-hydrogen) atoms. The Morgan fingerprint density at radius 2 is 1.77 bits per heavy atom. The summed E-state index contributed by atoms with van der Waals surface area (Å²) >= 11 is 0. The lowest BCUT2D eigenvalue weighted by molar-refractivity contribution is -0.153. The van der Waals surface area contributed by atoms with Gasteiger partial charge in [-0.3, -0.25) is 4.79 Å². The van der Waals surface area contributed by atoms with Gasteiger partial charge in [0.25, 0.3) is 5.91 Å². The van der Waals surface area contributed by atoms with Crippen LogP contribution in [0.5, 0.6) is 11.5 Å². The van der Waals surface area contributed by atoms with Gasteiger partial charge in [0, 0.05) is 32.4 Å². The maximum Gasteiger partial charge on any atom is 0.339 e. The second-order valence-corrected chi connectivity index (χ2v) is 7.94. The Bertz CT molecular complexity index is 935. The summed E-state index contributed by atoms with van der Waals surface area (Å²) in [5.41, 5.74) is 0.235. The first kappa shape index (κ1) is 20.3. The van der Waals surface area contributed by atoms with Gasteiger partial charge in [0.1, 0.15) is 6.10 Å². The smallest absolute Gasteiger partial charge is 0.339 e. The van der Waals surface area contributed by atoms with Gasteiger partial charge < -0.3 is 19.1 Å². The van der Waals surface area contributed by atoms with Crippen LogP contribution >= 0.6 is 0 Å². The van der Waals surface area contributed by atoms with Crippen molar-refractivity contribution in [1.82, 2.24) is 4.90 Å². The number of likely N-dealkylation sites (tertiary alicyclic amines) is 1. The molecule has 2 aromatic rings. The van der Waals surface area contributed by atoms with Crippen molar-refractivity contribution in [3.05, 3.63) is 59.7 Å². The molecule has 1 unspecified atom stereocenters. The lowest BCUT2D eigenvalue weighted by atomic mass is 9.88. The van der Waals surface area contributed by atoms with Crippen molar-refractivity contribution in [2.45, 2.75) is 44.8 Å². The van der Waals surface area contributed by atoms with Crippen LogP contribution in [0.1, 0.15) is 42.6 Å². The number of benzene rings is 2. The van der Waals surface area contributed by atoms with Gasteiger partial charge in [0.05, 0.1) is 12.2 Å². The Balaban J connectivity index is 1.39. The van der Waals surface area contributed by atoms with Crippen molar-refractivity contribution >= 4 is 11.9 Å². The lowest BCUT2D eigenvalue weighted by Gasteiger charge is -2.39. The summed E-state index contributed by atoms with van der Waals surface area (Å²) in [5.74, 6) is 0.893. The van der Waals surface area contributed by atoms with Crippen LogP contribution in [0.2, 0.25) is 0 Å². The van der Waals surface area contributed by atoms with Gasteiger partial charge in [0.15, 0.2) is 17.1 Å². The fourth-order valence-corrected chi connectivity index (χ4v) is 4.16. The molecule has 2 aromatic carbocycles. The molecular weight excluding hydrogens is 382 g/mol. The number of cyclic esters (lactones) is 1. The van der Waals surface area contributed by atoms with Crippen LogP contribution in [0.3, 0.4) is 0 Å². The molecule has 0 aliphatic carbocycles. The zero-order valence-corrected chi connectivity index (χ0v) is 17.4. The molecule has 1 saturated heterocycles. The molecule has 2 aliphatic rings. The predicted octanol–water partition coefficient (Wildman–Crippen LogP) is 3.63. The SMILES string of the molecule is CCOc1ccccc1OC1CCN(C(=O)C2(C)Cc3ccccc3C(=O)O2)CC1. The molecular formula is C24H27NO5. The first-order valence-electron chi connectivity index (χ1n) is 10.5. The van der Waals surface area contributed by atoms with Gasteiger partial charge in [-0.15, -0.1) is 0 Å². The number of hydrogen-bond acceptors (Lipinski definition) is 5. The molecule has 6 heteroatoms. The van der Waals surface area contributed by atoms with Gasteiger partial charge in [0.2, 0.25) is 0 Å². The minimum atomic E-state index is -1.17. The maximum absolute atomic E-state index is 13.2. The molecule has 0 N–H and O–H groups in total. The Hall–Kier alpha value is -3.02. The van der Waals surface area contributed by atoms with Crippen LogP contribution < -0.4 is 9.47 Å². The summed E-state index contributed by atoms with van der Waals surface area (Å²) in [7, 11) is 0. The van der Waals surface area contributed by atoms with E-state index in [1.165, 1.54) is 0 Å². The summed E-state index contributed by atoms with van der Waals surface area (Å²) < 4.78 is 17.4. The fourth-order valence-electron chi connectivity index (χ4n) is 4.16. The van der Waals surface area contributed by atoms with Gasteiger partial charge in [-0.25, -0.2) is 4.79 Å². The van der Waals surface area contributed by atoms with Gasteiger partial charge in [-0.05, 0) is 37.6 Å². The Labute approximate surface area is 176 Å². The zero-order chi connectivity index (χ0) is 21.1. The van der Waals surface area contributed by atoms with E-state index in [1.807, 2.05) is 43.3 Å². The van der Waals surface area contributed by atoms with Crippen molar-refractivity contribution in [2.24, 2.45) is 0 Å². The molecule has 0 radical (unpaired) electrons. The Morgan fingerprint density at radius 3 is 2.50 bits per heavy atom. The number of rotatable bonds is 5. The van der Waals surface area contributed by atoms with Gasteiger partial charge >= 0.3 is 5.97 Å². The molecule has 158 valence electrons. The number of fused-ring (bicyclic) bond motifs is 1. The highest BCUT2D eigenvalue weighted by atomic mass is 16.6. The van der Waals surface area contributed by atoms with E-state index in [2.05, 4.69) is 0 Å². The zero-order valence-electron chi connectivity index (χ0n) is 17.4. The average molecular weight is 409 g/mol. The number of hydrogen-bond donors (Lipinski definition) is 0. The summed E-state index contributed by atoms with van der Waals surface area (Å²) in [6.45, 7) is 5.36. The van der Waals surface area contributed by atoms with Crippen molar-refractivity contribution < 1.29 is 23.8 Å². The second kappa shape index (κ2) is 8.38. The van der Waals surface area contributed by atoms with Crippen molar-refractivity contribution in [3.63, 3.8) is 0 Å². The van der Waals surface area contributed by atoms with Crippen molar-refractivity contribution in [2.75, 3.05) is 19.7 Å².